The van der Waals surface area contributed by atoms with Crippen molar-refractivity contribution in [2.24, 2.45) is 20.0 Å². The zero-order valence-corrected chi connectivity index (χ0v) is 78.2. The van der Waals surface area contributed by atoms with E-state index in [1.165, 1.54) is 36.2 Å². The van der Waals surface area contributed by atoms with E-state index >= 15 is 0 Å². The molecule has 24 nitrogen and oxygen atoms in total. The van der Waals surface area contributed by atoms with E-state index in [2.05, 4.69) is 153 Å². The van der Waals surface area contributed by atoms with Crippen molar-refractivity contribution in [3.05, 3.63) is 251 Å². The van der Waals surface area contributed by atoms with Gasteiger partial charge in [-0.1, -0.05) is 102 Å². The Balaban J connectivity index is 0.000000134. The van der Waals surface area contributed by atoms with Gasteiger partial charge < -0.3 is 19.7 Å². The highest BCUT2D eigenvalue weighted by Gasteiger charge is 2.39. The number of ether oxygens (including phenoxy) is 2. The van der Waals surface area contributed by atoms with Crippen molar-refractivity contribution in [2.45, 2.75) is 185 Å². The lowest BCUT2D eigenvalue weighted by atomic mass is 9.99. The molecule has 1 N–H and O–H groups in total. The predicted octanol–water partition coefficient (Wildman–Crippen LogP) is 19.2. The van der Waals surface area contributed by atoms with E-state index < -0.39 is 34.9 Å². The topological polar surface area (TPSA) is 260 Å². The molecule has 0 aliphatic carbocycles. The number of hydrogen-bond acceptors (Lipinski definition) is 23. The Labute approximate surface area is 747 Å². The highest BCUT2D eigenvalue weighted by atomic mass is 35.5. The molecule has 0 radical (unpaired) electrons. The average molecular weight is 1800 g/mol. The number of rotatable bonds is 14. The lowest BCUT2D eigenvalue weighted by molar-refractivity contribution is -0.156. The van der Waals surface area contributed by atoms with Gasteiger partial charge >= 0.3 is 11.9 Å². The van der Waals surface area contributed by atoms with Crippen LogP contribution < -0.4 is 5.32 Å². The summed E-state index contributed by atoms with van der Waals surface area (Å²) in [6.07, 6.45) is 4.57. The van der Waals surface area contributed by atoms with E-state index in [0.29, 0.717) is 39.1 Å². The largest absolute Gasteiger partial charge is 0.460 e. The van der Waals surface area contributed by atoms with E-state index in [0.717, 1.165) is 155 Å². The number of halogens is 4. The average Bonchev–Trinajstić information content (AvgIpc) is 1.58. The van der Waals surface area contributed by atoms with Crippen LogP contribution in [0.5, 0.6) is 0 Å². The summed E-state index contributed by atoms with van der Waals surface area (Å²) in [6.45, 7) is 41.9. The standard InChI is InChI=1S/C26H32ClN7OS.C24H27ClN4O2S.C22H23ClN4O2S.C18H17ClN4S/c1-16-17(2)36-26-23(16)24(19-5-7-20(27)8-6-19)29-21(25-31-30-18(3)34(25)26)15-22(35)28-9-10-33-13-11-32(4)12-14-33;1-7-18-27-28-22-17(12-19(30)31-24(4,5)6)26-21(15-8-10-16(25)11-9-15)20-13(2)14(3)32-23(20)29(18)22;1-12-13(2)30-21-18(12)19(14-6-8-15(23)9-7-14)25-16(20-26-24-11-27(20)21)10-17(28)29-22(3,4)5;1-10-11(2)24-16-14(10)15(12-5-7-13(19)8-6-12)21-18(3,4)17-22-20-9-23(16)17/h5-8,21H,9-15H2,1-4H3,(H,28,35);8-11,17H,7,12H2,1-6H3;6-9,11,16H,10H2,1-5H3;5-9H,1-4H3/t21-;17-;16-;/m000./s1. The summed E-state index contributed by atoms with van der Waals surface area (Å²) in [5.41, 5.74) is 14.9. The Morgan fingerprint density at radius 1 is 0.467 bits per heavy atom. The Morgan fingerprint density at radius 3 is 1.30 bits per heavy atom. The van der Waals surface area contributed by atoms with Gasteiger partial charge in [0.15, 0.2) is 23.3 Å². The predicted molar refractivity (Wildman–Crippen MR) is 491 cm³/mol. The molecule has 12 aromatic rings. The van der Waals surface area contributed by atoms with E-state index in [4.69, 9.17) is 75.8 Å². The normalized spacial score (nSPS) is 16.4. The fourth-order valence-corrected chi connectivity index (χ4v) is 20.3. The van der Waals surface area contributed by atoms with Crippen molar-refractivity contribution in [3.63, 3.8) is 0 Å². The van der Waals surface area contributed by atoms with Gasteiger partial charge in [-0.25, -0.2) is 0 Å². The Morgan fingerprint density at radius 2 is 0.844 bits per heavy atom. The molecule has 3 atom stereocenters. The van der Waals surface area contributed by atoms with E-state index in [-0.39, 0.29) is 37.1 Å². The molecule has 636 valence electrons. The fourth-order valence-electron chi connectivity index (χ4n) is 15.2. The zero-order valence-electron chi connectivity index (χ0n) is 71.9. The third-order valence-corrected chi connectivity index (χ3v) is 27.5. The van der Waals surface area contributed by atoms with Crippen LogP contribution in [-0.2, 0) is 35.8 Å². The molecular weight excluding hydrogens is 1700 g/mol. The van der Waals surface area contributed by atoms with Gasteiger partial charge in [-0.3, -0.25) is 57.5 Å². The molecule has 1 amide bonds. The highest BCUT2D eigenvalue weighted by Crippen LogP contribution is 2.45. The minimum Gasteiger partial charge on any atom is -0.460 e. The van der Waals surface area contributed by atoms with Gasteiger partial charge in [-0.2, -0.15) is 0 Å². The highest BCUT2D eigenvalue weighted by molar-refractivity contribution is 7.16. The quantitative estimate of drug-likeness (QED) is 0.0992. The van der Waals surface area contributed by atoms with Gasteiger partial charge in [0.05, 0.1) is 42.1 Å². The maximum Gasteiger partial charge on any atom is 0.308 e. The van der Waals surface area contributed by atoms with Crippen LogP contribution in [0, 0.1) is 62.3 Å². The number of amides is 1. The minimum absolute atomic E-state index is 0.0290. The molecule has 5 aliphatic heterocycles. The van der Waals surface area contributed by atoms with Crippen molar-refractivity contribution in [1.82, 2.24) is 74.2 Å². The number of nitrogens with one attached hydrogen (secondary N) is 1. The number of fused-ring (bicyclic) bond motifs is 12. The monoisotopic (exact) mass is 1790 g/mol. The van der Waals surface area contributed by atoms with Crippen molar-refractivity contribution < 1.29 is 23.9 Å². The van der Waals surface area contributed by atoms with Crippen LogP contribution in [0.25, 0.3) is 20.0 Å². The number of nitrogens with zero attached hydrogens (tertiary/aromatic N) is 18. The van der Waals surface area contributed by atoms with E-state index in [9.17, 15) is 14.4 Å². The Kier molecular flexibility index (Phi) is 26.4. The molecule has 0 bridgehead atoms. The molecule has 1 fully saturated rings. The molecule has 17 rings (SSSR count). The SMILES string of the molecule is CCc1nnc2n1-c1sc(C)c(C)c1C(c1ccc(Cl)cc1)=N[C@H]2CC(=O)OC(C)(C)C.Cc1sc2c(c1C)C(c1ccc(Cl)cc1)=NC(C)(C)c1nncn1-2.Cc1sc2c(c1C)C(c1ccc(Cl)cc1)=N[C@@H](CC(=O)NCCN1CCN(C)CC1)c1nnc(C)n1-2.Cc1sc2c(c1C)C(c1ccc(Cl)cc1)=N[C@@H](CC(=O)OC(C)(C)C)c1nncn1-2. The lowest BCUT2D eigenvalue weighted by Gasteiger charge is -2.32. The molecule has 4 aromatic carbocycles. The number of carbonyl (C=O) groups is 3. The lowest BCUT2D eigenvalue weighted by Crippen LogP contribution is -2.47. The summed E-state index contributed by atoms with van der Waals surface area (Å²) >= 11 is 31.4. The van der Waals surface area contributed by atoms with Gasteiger partial charge in [-0.15, -0.1) is 86.1 Å². The van der Waals surface area contributed by atoms with Crippen molar-refractivity contribution >= 4 is 132 Å². The smallest absolute Gasteiger partial charge is 0.308 e. The van der Waals surface area contributed by atoms with Crippen LogP contribution >= 0.6 is 91.8 Å². The molecule has 32 heteroatoms. The molecule has 1 saturated heterocycles. The number of hydrogen-bond donors (Lipinski definition) is 1. The van der Waals surface area contributed by atoms with Gasteiger partial charge in [0, 0.05) is 130 Å². The van der Waals surface area contributed by atoms with Crippen LogP contribution in [0.3, 0.4) is 0 Å². The second-order valence-corrected chi connectivity index (χ2v) is 39.9. The van der Waals surface area contributed by atoms with Gasteiger partial charge in [0.2, 0.25) is 5.91 Å². The number of likely N-dealkylation sites (N-methyl/N-ethyl adjacent to an activating group) is 1. The number of piperazine rings is 1. The molecule has 5 aliphatic rings. The first kappa shape index (κ1) is 88.7. The number of carbonyl (C=O) groups excluding carboxylic acids is 3. The number of aryl methyl sites for hydroxylation is 6. The maximum absolute atomic E-state index is 13.1. The fraction of sp³-hybridized carbons (Fsp3) is 0.389. The van der Waals surface area contributed by atoms with Gasteiger partial charge in [0.1, 0.15) is 79.2 Å². The summed E-state index contributed by atoms with van der Waals surface area (Å²) in [4.78, 5) is 68.5. The van der Waals surface area contributed by atoms with Crippen molar-refractivity contribution in [1.29, 1.82) is 0 Å². The molecule has 122 heavy (non-hydrogen) atoms. The Bertz CT molecular complexity index is 6060. The third-order valence-electron chi connectivity index (χ3n) is 21.7. The Hall–Kier alpha value is -9.59. The summed E-state index contributed by atoms with van der Waals surface area (Å²) in [7, 11) is 2.15. The first-order chi connectivity index (χ1) is 57.9. The first-order valence-electron chi connectivity index (χ1n) is 40.5. The van der Waals surface area contributed by atoms with Gasteiger partial charge in [0.25, 0.3) is 0 Å². The molecule has 0 saturated carbocycles. The van der Waals surface area contributed by atoms with Crippen LogP contribution in [0.1, 0.15) is 221 Å². The molecule has 0 spiro atoms. The summed E-state index contributed by atoms with van der Waals surface area (Å²) in [5.74, 6) is 3.84. The third kappa shape index (κ3) is 19.0. The zero-order chi connectivity index (χ0) is 87.3. The number of benzene rings is 4. The van der Waals surface area contributed by atoms with Crippen LogP contribution in [-0.4, -0.2) is 167 Å². The molecule has 0 unspecified atom stereocenters. The molecule has 8 aromatic heterocycles. The van der Waals surface area contributed by atoms with Crippen LogP contribution in [0.15, 0.2) is 130 Å². The van der Waals surface area contributed by atoms with Crippen molar-refractivity contribution in [3.8, 4) is 20.0 Å². The number of aromatic nitrogens is 12. The molecule has 13 heterocycles. The summed E-state index contributed by atoms with van der Waals surface area (Å²) < 4.78 is 19.3. The van der Waals surface area contributed by atoms with E-state index in [1.807, 2.05) is 150 Å². The van der Waals surface area contributed by atoms with Crippen LogP contribution in [0.4, 0.5) is 0 Å². The number of aliphatic imine (C=N–C) groups is 4. The number of esters is 2. The molecular formula is C90H99Cl4N19O5S4. The van der Waals surface area contributed by atoms with Crippen molar-refractivity contribution in [2.75, 3.05) is 46.3 Å². The summed E-state index contributed by atoms with van der Waals surface area (Å²) in [5, 5.41) is 44.7. The minimum atomic E-state index is -0.570. The first-order valence-corrected chi connectivity index (χ1v) is 45.3. The van der Waals surface area contributed by atoms with Crippen LogP contribution in [0.2, 0.25) is 20.1 Å². The van der Waals surface area contributed by atoms with E-state index in [1.54, 1.807) is 58.0 Å². The maximum atomic E-state index is 13.1. The second-order valence-electron chi connectivity index (χ2n) is 33.3. The second kappa shape index (κ2) is 36.3. The summed E-state index contributed by atoms with van der Waals surface area (Å²) in [6, 6.07) is 29.4. The van der Waals surface area contributed by atoms with Gasteiger partial charge in [-0.05, 0) is 196 Å². The number of thiophene rings is 4.